The molecule has 1 saturated heterocycles. The first kappa shape index (κ1) is 19.6. The number of amides is 3. The number of benzene rings is 2. The summed E-state index contributed by atoms with van der Waals surface area (Å²) >= 11 is 0. The van der Waals surface area contributed by atoms with Crippen molar-refractivity contribution in [1.82, 2.24) is 25.1 Å². The van der Waals surface area contributed by atoms with Crippen molar-refractivity contribution in [2.24, 2.45) is 0 Å². The first-order valence-corrected chi connectivity index (χ1v) is 9.81. The van der Waals surface area contributed by atoms with E-state index in [-0.39, 0.29) is 11.9 Å². The quantitative estimate of drug-likeness (QED) is 0.694. The minimum absolute atomic E-state index is 0.195. The molecule has 0 saturated carbocycles. The molecule has 1 aliphatic rings. The molecule has 3 aromatic rings. The molecule has 1 atom stereocenters. The van der Waals surface area contributed by atoms with E-state index in [1.54, 1.807) is 17.0 Å². The largest absolute Gasteiger partial charge is 0.324 e. The molecule has 0 spiro atoms. The van der Waals surface area contributed by atoms with Crippen LogP contribution in [0.2, 0.25) is 0 Å². The SMILES string of the molecule is Cc1cccc(C)c1NC(=O)N1CCC[C@H]1C(=O)Nc1ccc(-n2cnnn2)cc1. The Bertz CT molecular complexity index is 1030. The zero-order valence-electron chi connectivity index (χ0n) is 16.9. The van der Waals surface area contributed by atoms with Gasteiger partial charge in [0.15, 0.2) is 0 Å². The van der Waals surface area contributed by atoms with Crippen molar-refractivity contribution in [1.29, 1.82) is 0 Å². The van der Waals surface area contributed by atoms with Gasteiger partial charge in [-0.15, -0.1) is 5.10 Å². The Balaban J connectivity index is 1.42. The van der Waals surface area contributed by atoms with Crippen LogP contribution >= 0.6 is 0 Å². The summed E-state index contributed by atoms with van der Waals surface area (Å²) in [4.78, 5) is 27.3. The number of likely N-dealkylation sites (tertiary alicyclic amines) is 1. The van der Waals surface area contributed by atoms with Crippen LogP contribution in [-0.2, 0) is 4.79 Å². The van der Waals surface area contributed by atoms with Crippen molar-refractivity contribution in [3.63, 3.8) is 0 Å². The summed E-state index contributed by atoms with van der Waals surface area (Å²) in [5.41, 5.74) is 4.22. The van der Waals surface area contributed by atoms with Crippen molar-refractivity contribution < 1.29 is 9.59 Å². The van der Waals surface area contributed by atoms with E-state index in [4.69, 9.17) is 0 Å². The normalized spacial score (nSPS) is 15.8. The molecule has 0 aliphatic carbocycles. The molecule has 9 nitrogen and oxygen atoms in total. The van der Waals surface area contributed by atoms with Gasteiger partial charge in [0.2, 0.25) is 5.91 Å². The zero-order valence-corrected chi connectivity index (χ0v) is 16.9. The molecule has 30 heavy (non-hydrogen) atoms. The van der Waals surface area contributed by atoms with Gasteiger partial charge < -0.3 is 15.5 Å². The van der Waals surface area contributed by atoms with Crippen molar-refractivity contribution in [2.75, 3.05) is 17.2 Å². The summed E-state index contributed by atoms with van der Waals surface area (Å²) in [6, 6.07) is 12.3. The molecule has 1 aromatic heterocycles. The number of nitrogens with zero attached hydrogens (tertiary/aromatic N) is 5. The highest BCUT2D eigenvalue weighted by Gasteiger charge is 2.34. The molecule has 3 amide bonds. The number of nitrogens with one attached hydrogen (secondary N) is 2. The molecule has 0 unspecified atom stereocenters. The van der Waals surface area contributed by atoms with Gasteiger partial charge in [0.25, 0.3) is 0 Å². The van der Waals surface area contributed by atoms with Gasteiger partial charge in [-0.2, -0.15) is 0 Å². The second kappa shape index (κ2) is 8.32. The van der Waals surface area contributed by atoms with E-state index in [2.05, 4.69) is 26.2 Å². The van der Waals surface area contributed by atoms with E-state index in [9.17, 15) is 9.59 Å². The maximum atomic E-state index is 12.9. The Morgan fingerprint density at radius 2 is 1.77 bits per heavy atom. The lowest BCUT2D eigenvalue weighted by atomic mass is 10.1. The third kappa shape index (κ3) is 4.00. The van der Waals surface area contributed by atoms with Gasteiger partial charge in [-0.05, 0) is 72.5 Å². The predicted octanol–water partition coefficient (Wildman–Crippen LogP) is 2.91. The number of urea groups is 1. The smallest absolute Gasteiger partial charge is 0.322 e. The lowest BCUT2D eigenvalue weighted by molar-refractivity contribution is -0.119. The van der Waals surface area contributed by atoms with E-state index in [0.717, 1.165) is 28.9 Å². The molecule has 1 aliphatic heterocycles. The van der Waals surface area contributed by atoms with E-state index < -0.39 is 6.04 Å². The molecular weight excluding hydrogens is 382 g/mol. The Morgan fingerprint density at radius 3 is 2.43 bits per heavy atom. The fraction of sp³-hybridized carbons (Fsp3) is 0.286. The zero-order chi connectivity index (χ0) is 21.1. The number of carbonyl (C=O) groups excluding carboxylic acids is 2. The molecule has 1 fully saturated rings. The number of tetrazole rings is 1. The second-order valence-electron chi connectivity index (χ2n) is 7.34. The van der Waals surface area contributed by atoms with E-state index in [1.165, 1.54) is 11.0 Å². The van der Waals surface area contributed by atoms with Crippen molar-refractivity contribution in [2.45, 2.75) is 32.7 Å². The number of aryl methyl sites for hydroxylation is 2. The Hall–Kier alpha value is -3.75. The van der Waals surface area contributed by atoms with Crippen molar-refractivity contribution in [3.8, 4) is 5.69 Å². The summed E-state index contributed by atoms with van der Waals surface area (Å²) in [7, 11) is 0. The Labute approximate surface area is 174 Å². The molecule has 154 valence electrons. The maximum absolute atomic E-state index is 12.9. The fourth-order valence-electron chi connectivity index (χ4n) is 3.68. The van der Waals surface area contributed by atoms with Gasteiger partial charge in [0.05, 0.1) is 5.69 Å². The standard InChI is InChI=1S/C21H23N7O2/c1-14-5-3-6-15(2)19(14)24-21(30)27-12-4-7-18(27)20(29)23-16-8-10-17(11-9-16)28-13-22-25-26-28/h3,5-6,8-11,13,18H,4,7,12H2,1-2H3,(H,23,29)(H,24,30)/t18-/m0/s1. The van der Waals surface area contributed by atoms with Crippen LogP contribution in [0.4, 0.5) is 16.2 Å². The highest BCUT2D eigenvalue weighted by molar-refractivity contribution is 6.00. The van der Waals surface area contributed by atoms with Crippen LogP contribution < -0.4 is 10.6 Å². The van der Waals surface area contributed by atoms with Crippen molar-refractivity contribution in [3.05, 3.63) is 59.9 Å². The number of para-hydroxylation sites is 1. The van der Waals surface area contributed by atoms with Gasteiger partial charge in [-0.25, -0.2) is 9.48 Å². The average molecular weight is 405 g/mol. The van der Waals surface area contributed by atoms with E-state index in [0.29, 0.717) is 18.7 Å². The molecule has 4 rings (SSSR count). The molecule has 0 radical (unpaired) electrons. The predicted molar refractivity (Wildman–Crippen MR) is 112 cm³/mol. The second-order valence-corrected chi connectivity index (χ2v) is 7.34. The lowest BCUT2D eigenvalue weighted by Crippen LogP contribution is -2.45. The molecule has 2 aromatic carbocycles. The lowest BCUT2D eigenvalue weighted by Gasteiger charge is -2.25. The summed E-state index contributed by atoms with van der Waals surface area (Å²) in [6.45, 7) is 4.46. The summed E-state index contributed by atoms with van der Waals surface area (Å²) in [5.74, 6) is -0.195. The van der Waals surface area contributed by atoms with Gasteiger partial charge in [-0.3, -0.25) is 4.79 Å². The number of rotatable bonds is 4. The van der Waals surface area contributed by atoms with E-state index >= 15 is 0 Å². The maximum Gasteiger partial charge on any atom is 0.322 e. The summed E-state index contributed by atoms with van der Waals surface area (Å²) in [6.07, 6.45) is 2.92. The first-order chi connectivity index (χ1) is 14.5. The number of hydrogen-bond donors (Lipinski definition) is 2. The minimum Gasteiger partial charge on any atom is -0.324 e. The highest BCUT2D eigenvalue weighted by Crippen LogP contribution is 2.24. The molecule has 9 heteroatoms. The number of anilines is 2. The Morgan fingerprint density at radius 1 is 1.03 bits per heavy atom. The van der Waals surface area contributed by atoms with Gasteiger partial charge in [-0.1, -0.05) is 18.2 Å². The van der Waals surface area contributed by atoms with Crippen LogP contribution in [-0.4, -0.2) is 49.6 Å². The highest BCUT2D eigenvalue weighted by atomic mass is 16.2. The van der Waals surface area contributed by atoms with Crippen LogP contribution in [0, 0.1) is 13.8 Å². The minimum atomic E-state index is -0.506. The average Bonchev–Trinajstić information content (AvgIpc) is 3.43. The topological polar surface area (TPSA) is 105 Å². The van der Waals surface area contributed by atoms with Gasteiger partial charge in [0.1, 0.15) is 12.4 Å². The first-order valence-electron chi connectivity index (χ1n) is 9.81. The fourth-order valence-corrected chi connectivity index (χ4v) is 3.68. The molecule has 2 N–H and O–H groups in total. The van der Waals surface area contributed by atoms with Crippen LogP contribution in [0.5, 0.6) is 0 Å². The van der Waals surface area contributed by atoms with Gasteiger partial charge >= 0.3 is 6.03 Å². The summed E-state index contributed by atoms with van der Waals surface area (Å²) in [5, 5.41) is 16.9. The monoisotopic (exact) mass is 405 g/mol. The van der Waals surface area contributed by atoms with Crippen molar-refractivity contribution >= 4 is 23.3 Å². The number of hydrogen-bond acceptors (Lipinski definition) is 5. The van der Waals surface area contributed by atoms with Gasteiger partial charge in [0, 0.05) is 17.9 Å². The third-order valence-corrected chi connectivity index (χ3v) is 5.28. The summed E-state index contributed by atoms with van der Waals surface area (Å²) < 4.78 is 1.53. The van der Waals surface area contributed by atoms with Crippen LogP contribution in [0.1, 0.15) is 24.0 Å². The Kier molecular flexibility index (Phi) is 5.42. The number of aromatic nitrogens is 4. The molecular formula is C21H23N7O2. The van der Waals surface area contributed by atoms with E-state index in [1.807, 2.05) is 44.2 Å². The number of carbonyl (C=O) groups is 2. The van der Waals surface area contributed by atoms with Crippen LogP contribution in [0.3, 0.4) is 0 Å². The molecule has 0 bridgehead atoms. The van der Waals surface area contributed by atoms with Crippen LogP contribution in [0.15, 0.2) is 48.8 Å². The molecule has 2 heterocycles. The van der Waals surface area contributed by atoms with Crippen LogP contribution in [0.25, 0.3) is 5.69 Å². The third-order valence-electron chi connectivity index (χ3n) is 5.28.